The molecule has 3 aliphatic rings. The predicted octanol–water partition coefficient (Wildman–Crippen LogP) is 2.75. The first-order chi connectivity index (χ1) is 20.8. The van der Waals surface area contributed by atoms with Gasteiger partial charge in [-0.1, -0.05) is 0 Å². The third kappa shape index (κ3) is 5.44. The number of aromatic nitrogens is 1. The van der Waals surface area contributed by atoms with E-state index in [4.69, 9.17) is 9.47 Å². The molecular weight excluding hydrogens is 554 g/mol. The fourth-order valence-electron chi connectivity index (χ4n) is 5.94. The van der Waals surface area contributed by atoms with Gasteiger partial charge in [-0.2, -0.15) is 0 Å². The number of rotatable bonds is 6. The van der Waals surface area contributed by atoms with Crippen LogP contribution in [-0.4, -0.2) is 109 Å². The lowest BCUT2D eigenvalue weighted by molar-refractivity contribution is 0.0633. The van der Waals surface area contributed by atoms with Crippen molar-refractivity contribution >= 4 is 34.5 Å². The van der Waals surface area contributed by atoms with Crippen LogP contribution in [0.25, 0.3) is 10.9 Å². The second kappa shape index (κ2) is 11.5. The summed E-state index contributed by atoms with van der Waals surface area (Å²) in [5, 5.41) is 9.92. The van der Waals surface area contributed by atoms with Gasteiger partial charge in [-0.05, 0) is 43.2 Å². The number of hydrogen-bond donors (Lipinski definition) is 1. The van der Waals surface area contributed by atoms with E-state index in [9.17, 15) is 24.3 Å². The Kier molecular flexibility index (Phi) is 7.59. The number of urea groups is 1. The Morgan fingerprint density at radius 2 is 1.44 bits per heavy atom. The van der Waals surface area contributed by atoms with Gasteiger partial charge in [0.25, 0.3) is 5.91 Å². The number of carboxylic acid groups (broad SMARTS) is 1. The Labute approximate surface area is 248 Å². The third-order valence-corrected chi connectivity index (χ3v) is 8.58. The standard InChI is InChI=1S/C31H35N5O7/c1-42-22-6-8-24(27(18-22)43-2)29(38)33-11-15-35(16-12-33)31(41)34-13-9-32(10-14-34)21-5-7-23-26(17-21)36(20-3-4-20)19-25(28(23)37)30(39)40/h5-8,17-20H,3-4,9-16H2,1-2H3,(H,39,40). The average Bonchev–Trinajstić information content (AvgIpc) is 3.89. The van der Waals surface area contributed by atoms with Gasteiger partial charge in [-0.15, -0.1) is 0 Å². The number of ether oxygens (including phenoxy) is 2. The number of piperazine rings is 2. The van der Waals surface area contributed by atoms with Crippen molar-refractivity contribution < 1.29 is 29.0 Å². The molecule has 1 saturated carbocycles. The van der Waals surface area contributed by atoms with Crippen molar-refractivity contribution in [3.05, 3.63) is 63.9 Å². The number of carboxylic acids is 1. The molecule has 1 aromatic heterocycles. The van der Waals surface area contributed by atoms with Crippen LogP contribution in [0.2, 0.25) is 0 Å². The van der Waals surface area contributed by atoms with Crippen LogP contribution in [0.4, 0.5) is 10.5 Å². The summed E-state index contributed by atoms with van der Waals surface area (Å²) >= 11 is 0. The summed E-state index contributed by atoms with van der Waals surface area (Å²) in [7, 11) is 3.08. The van der Waals surface area contributed by atoms with Gasteiger partial charge in [0, 0.05) is 81.7 Å². The molecule has 2 aliphatic heterocycles. The SMILES string of the molecule is COc1ccc(C(=O)N2CCN(C(=O)N3CCN(c4ccc5c(=O)c(C(=O)O)cn(C6CC6)c5c4)CC3)CC2)c(OC)c1. The Morgan fingerprint density at radius 3 is 2.05 bits per heavy atom. The van der Waals surface area contributed by atoms with E-state index in [2.05, 4.69) is 4.90 Å². The molecule has 3 amide bonds. The van der Waals surface area contributed by atoms with E-state index in [0.717, 1.165) is 24.0 Å². The maximum atomic E-state index is 13.3. The zero-order valence-corrected chi connectivity index (χ0v) is 24.3. The Hall–Kier alpha value is -4.74. The smallest absolute Gasteiger partial charge is 0.341 e. The molecule has 6 rings (SSSR count). The van der Waals surface area contributed by atoms with E-state index in [-0.39, 0.29) is 23.5 Å². The summed E-state index contributed by atoms with van der Waals surface area (Å²) < 4.78 is 12.6. The van der Waals surface area contributed by atoms with Gasteiger partial charge in [0.2, 0.25) is 5.43 Å². The summed E-state index contributed by atoms with van der Waals surface area (Å²) in [6.07, 6.45) is 3.39. The highest BCUT2D eigenvalue weighted by Gasteiger charge is 2.31. The summed E-state index contributed by atoms with van der Waals surface area (Å²) in [6.45, 7) is 4.13. The Morgan fingerprint density at radius 1 is 0.791 bits per heavy atom. The second-order valence-corrected chi connectivity index (χ2v) is 11.1. The highest BCUT2D eigenvalue weighted by molar-refractivity contribution is 5.97. The molecule has 3 fully saturated rings. The van der Waals surface area contributed by atoms with Crippen LogP contribution in [0, 0.1) is 0 Å². The monoisotopic (exact) mass is 589 g/mol. The normalized spacial score (nSPS) is 17.3. The molecule has 0 atom stereocenters. The number of nitrogens with zero attached hydrogens (tertiary/aromatic N) is 5. The van der Waals surface area contributed by atoms with E-state index in [0.29, 0.717) is 74.8 Å². The summed E-state index contributed by atoms with van der Waals surface area (Å²) in [6, 6.07) is 10.8. The number of amides is 3. The molecule has 3 aromatic rings. The van der Waals surface area contributed by atoms with Crippen molar-refractivity contribution in [2.24, 2.45) is 0 Å². The zero-order chi connectivity index (χ0) is 30.2. The van der Waals surface area contributed by atoms with Gasteiger partial charge in [0.1, 0.15) is 17.1 Å². The fourth-order valence-corrected chi connectivity index (χ4v) is 5.94. The maximum Gasteiger partial charge on any atom is 0.341 e. The lowest BCUT2D eigenvalue weighted by Gasteiger charge is -2.41. The Bertz CT molecular complexity index is 1630. The molecule has 0 radical (unpaired) electrons. The minimum Gasteiger partial charge on any atom is -0.497 e. The van der Waals surface area contributed by atoms with Gasteiger partial charge < -0.3 is 38.7 Å². The van der Waals surface area contributed by atoms with Crippen LogP contribution < -0.4 is 19.8 Å². The molecule has 12 nitrogen and oxygen atoms in total. The van der Waals surface area contributed by atoms with Crippen molar-refractivity contribution in [2.45, 2.75) is 18.9 Å². The van der Waals surface area contributed by atoms with Crippen LogP contribution in [0.5, 0.6) is 11.5 Å². The molecule has 0 unspecified atom stereocenters. The minimum atomic E-state index is -1.21. The van der Waals surface area contributed by atoms with Crippen LogP contribution in [-0.2, 0) is 0 Å². The maximum absolute atomic E-state index is 13.3. The predicted molar refractivity (Wildman–Crippen MR) is 160 cm³/mol. The number of carbonyl (C=O) groups excluding carboxylic acids is 2. The van der Waals surface area contributed by atoms with Gasteiger partial charge in [0.15, 0.2) is 0 Å². The van der Waals surface area contributed by atoms with Crippen molar-refractivity contribution in [1.29, 1.82) is 0 Å². The summed E-state index contributed by atoms with van der Waals surface area (Å²) in [5.41, 5.74) is 1.48. The second-order valence-electron chi connectivity index (χ2n) is 11.1. The molecule has 0 spiro atoms. The van der Waals surface area contributed by atoms with Crippen molar-refractivity contribution in [3.63, 3.8) is 0 Å². The molecule has 226 valence electrons. The van der Waals surface area contributed by atoms with Crippen LogP contribution in [0.3, 0.4) is 0 Å². The van der Waals surface area contributed by atoms with Crippen molar-refractivity contribution in [3.8, 4) is 11.5 Å². The summed E-state index contributed by atoms with van der Waals surface area (Å²) in [4.78, 5) is 58.6. The first kappa shape index (κ1) is 28.4. The minimum absolute atomic E-state index is 0.0314. The summed E-state index contributed by atoms with van der Waals surface area (Å²) in [5.74, 6) is -0.288. The van der Waals surface area contributed by atoms with Crippen molar-refractivity contribution in [1.82, 2.24) is 19.3 Å². The van der Waals surface area contributed by atoms with Gasteiger partial charge in [-0.3, -0.25) is 9.59 Å². The molecular formula is C31H35N5O7. The fraction of sp³-hybridized carbons (Fsp3) is 0.419. The number of hydrogen-bond acceptors (Lipinski definition) is 7. The number of fused-ring (bicyclic) bond motifs is 1. The van der Waals surface area contributed by atoms with Crippen molar-refractivity contribution in [2.75, 3.05) is 71.5 Å². The molecule has 43 heavy (non-hydrogen) atoms. The number of carbonyl (C=O) groups is 3. The Balaban J connectivity index is 1.07. The van der Waals surface area contributed by atoms with Gasteiger partial charge in [0.05, 0.1) is 25.3 Å². The highest BCUT2D eigenvalue weighted by Crippen LogP contribution is 2.37. The van der Waals surface area contributed by atoms with Crippen LogP contribution in [0.1, 0.15) is 39.6 Å². The number of aromatic carboxylic acids is 1. The van der Waals surface area contributed by atoms with Crippen LogP contribution >= 0.6 is 0 Å². The lowest BCUT2D eigenvalue weighted by Crippen LogP contribution is -2.57. The molecule has 12 heteroatoms. The molecule has 3 heterocycles. The van der Waals surface area contributed by atoms with E-state index in [1.54, 1.807) is 41.2 Å². The van der Waals surface area contributed by atoms with E-state index in [1.165, 1.54) is 13.3 Å². The van der Waals surface area contributed by atoms with E-state index >= 15 is 0 Å². The van der Waals surface area contributed by atoms with Gasteiger partial charge >= 0.3 is 12.0 Å². The topological polar surface area (TPSA) is 125 Å². The highest BCUT2D eigenvalue weighted by atomic mass is 16.5. The molecule has 2 saturated heterocycles. The van der Waals surface area contributed by atoms with E-state index in [1.807, 2.05) is 21.6 Å². The number of anilines is 1. The molecule has 2 aromatic carbocycles. The number of methoxy groups -OCH3 is 2. The molecule has 0 bridgehead atoms. The van der Waals surface area contributed by atoms with Gasteiger partial charge in [-0.25, -0.2) is 9.59 Å². The average molecular weight is 590 g/mol. The van der Waals surface area contributed by atoms with Crippen LogP contribution in [0.15, 0.2) is 47.4 Å². The number of benzene rings is 2. The first-order valence-corrected chi connectivity index (χ1v) is 14.5. The van der Waals surface area contributed by atoms with E-state index < -0.39 is 11.4 Å². The number of pyridine rings is 1. The molecule has 1 aliphatic carbocycles. The largest absolute Gasteiger partial charge is 0.497 e. The molecule has 1 N–H and O–H groups in total. The quantitative estimate of drug-likeness (QED) is 0.466. The lowest BCUT2D eigenvalue weighted by atomic mass is 10.1. The first-order valence-electron chi connectivity index (χ1n) is 14.5. The third-order valence-electron chi connectivity index (χ3n) is 8.58. The zero-order valence-electron chi connectivity index (χ0n) is 24.3.